The Morgan fingerprint density at radius 1 is 0.676 bits per heavy atom. The van der Waals surface area contributed by atoms with Crippen LogP contribution in [0.3, 0.4) is 0 Å². The molecule has 4 aromatic rings. The summed E-state index contributed by atoms with van der Waals surface area (Å²) in [6.07, 6.45) is 0. The number of rotatable bonds is 5. The molecule has 0 radical (unpaired) electrons. The van der Waals surface area contributed by atoms with Gasteiger partial charge in [0.2, 0.25) is 0 Å². The van der Waals surface area contributed by atoms with Crippen LogP contribution in [0.15, 0.2) is 97.1 Å². The van der Waals surface area contributed by atoms with Crippen molar-refractivity contribution in [3.05, 3.63) is 97.1 Å². The zero-order valence-corrected chi connectivity index (χ0v) is 20.9. The SMILES string of the molecule is C[C@H]1Oc2cccc(-c3c(Oc4ccccc4)cccc3Oc3ccccc3)c2[P@@]1C(C)(C)C. The van der Waals surface area contributed by atoms with Gasteiger partial charge in [-0.2, -0.15) is 0 Å². The molecule has 0 saturated carbocycles. The number of benzene rings is 4. The largest absolute Gasteiger partial charge is 0.485 e. The molecule has 0 saturated heterocycles. The van der Waals surface area contributed by atoms with Crippen molar-refractivity contribution < 1.29 is 14.2 Å². The highest BCUT2D eigenvalue weighted by molar-refractivity contribution is 7.68. The number of hydrogen-bond donors (Lipinski definition) is 0. The molecule has 1 aliphatic heterocycles. The van der Waals surface area contributed by atoms with Crippen LogP contribution >= 0.6 is 7.92 Å². The standard InChI is InChI=1S/C30H29O3P/c1-21-31-27-20-11-17-24(29(27)34(21)30(2,3)4)28-25(32-22-13-7-5-8-14-22)18-12-19-26(28)33-23-15-9-6-10-16-23/h5-21H,1-4H3/t21-,34-/m0/s1. The molecule has 0 unspecified atom stereocenters. The smallest absolute Gasteiger partial charge is 0.139 e. The lowest BCUT2D eigenvalue weighted by Gasteiger charge is -2.31. The highest BCUT2D eigenvalue weighted by atomic mass is 31.1. The zero-order valence-electron chi connectivity index (χ0n) is 20.0. The van der Waals surface area contributed by atoms with Gasteiger partial charge in [0.15, 0.2) is 0 Å². The van der Waals surface area contributed by atoms with Crippen molar-refractivity contribution in [2.75, 3.05) is 0 Å². The molecule has 3 nitrogen and oxygen atoms in total. The summed E-state index contributed by atoms with van der Waals surface area (Å²) in [5.74, 6) is 4.21. The van der Waals surface area contributed by atoms with Crippen LogP contribution in [0.1, 0.15) is 27.7 Å². The maximum atomic E-state index is 6.44. The van der Waals surface area contributed by atoms with Gasteiger partial charge in [-0.1, -0.05) is 75.4 Å². The molecule has 0 amide bonds. The molecule has 0 aliphatic carbocycles. The fourth-order valence-electron chi connectivity index (χ4n) is 4.54. The van der Waals surface area contributed by atoms with Gasteiger partial charge in [-0.25, -0.2) is 0 Å². The number of fused-ring (bicyclic) bond motifs is 1. The predicted molar refractivity (Wildman–Crippen MR) is 141 cm³/mol. The van der Waals surface area contributed by atoms with Gasteiger partial charge in [0.1, 0.15) is 34.6 Å². The second kappa shape index (κ2) is 9.16. The molecule has 0 bridgehead atoms. The normalized spacial score (nSPS) is 17.1. The van der Waals surface area contributed by atoms with Crippen molar-refractivity contribution in [3.63, 3.8) is 0 Å². The first kappa shape index (κ1) is 22.5. The lowest BCUT2D eigenvalue weighted by Crippen LogP contribution is -2.23. The maximum absolute atomic E-state index is 6.44. The Morgan fingerprint density at radius 3 is 1.74 bits per heavy atom. The lowest BCUT2D eigenvalue weighted by atomic mass is 10.0. The van der Waals surface area contributed by atoms with Gasteiger partial charge in [-0.05, 0) is 62.5 Å². The average Bonchev–Trinajstić information content (AvgIpc) is 3.17. The zero-order chi connectivity index (χ0) is 23.7. The van der Waals surface area contributed by atoms with Crippen molar-refractivity contribution in [2.24, 2.45) is 0 Å². The molecule has 4 aromatic carbocycles. The van der Waals surface area contributed by atoms with E-state index in [1.165, 1.54) is 5.30 Å². The van der Waals surface area contributed by atoms with Crippen molar-refractivity contribution in [2.45, 2.75) is 38.7 Å². The fourth-order valence-corrected chi connectivity index (χ4v) is 7.70. The first-order chi connectivity index (χ1) is 16.4. The van der Waals surface area contributed by atoms with Crippen LogP contribution in [0.2, 0.25) is 0 Å². The Bertz CT molecular complexity index is 1220. The summed E-state index contributed by atoms with van der Waals surface area (Å²) in [6.45, 7) is 9.10. The third-order valence-electron chi connectivity index (χ3n) is 5.82. The summed E-state index contributed by atoms with van der Waals surface area (Å²) in [4.78, 5) is 0. The van der Waals surface area contributed by atoms with E-state index in [0.717, 1.165) is 39.9 Å². The van der Waals surface area contributed by atoms with Gasteiger partial charge >= 0.3 is 0 Å². The minimum Gasteiger partial charge on any atom is -0.485 e. The van der Waals surface area contributed by atoms with Gasteiger partial charge in [-0.3, -0.25) is 0 Å². The second-order valence-electron chi connectivity index (χ2n) is 9.37. The molecule has 5 rings (SSSR count). The molecule has 0 N–H and O–H groups in total. The van der Waals surface area contributed by atoms with Crippen molar-refractivity contribution in [3.8, 4) is 39.9 Å². The molecule has 0 fully saturated rings. The van der Waals surface area contributed by atoms with Crippen LogP contribution in [0.4, 0.5) is 0 Å². The first-order valence-electron chi connectivity index (χ1n) is 11.6. The maximum Gasteiger partial charge on any atom is 0.139 e. The predicted octanol–water partition coefficient (Wildman–Crippen LogP) is 8.58. The molecule has 0 aromatic heterocycles. The number of para-hydroxylation sites is 2. The number of ether oxygens (including phenoxy) is 3. The van der Waals surface area contributed by atoms with Crippen LogP contribution in [0, 0.1) is 0 Å². The summed E-state index contributed by atoms with van der Waals surface area (Å²) >= 11 is 0. The highest BCUT2D eigenvalue weighted by Gasteiger charge is 2.41. The van der Waals surface area contributed by atoms with E-state index in [1.54, 1.807) is 0 Å². The van der Waals surface area contributed by atoms with Crippen molar-refractivity contribution in [1.82, 2.24) is 0 Å². The topological polar surface area (TPSA) is 27.7 Å². The lowest BCUT2D eigenvalue weighted by molar-refractivity contribution is 0.313. The van der Waals surface area contributed by atoms with Gasteiger partial charge in [0, 0.05) is 10.9 Å². The van der Waals surface area contributed by atoms with Crippen LogP contribution in [0.5, 0.6) is 28.7 Å². The third-order valence-corrected chi connectivity index (χ3v) is 9.04. The van der Waals surface area contributed by atoms with Gasteiger partial charge in [-0.15, -0.1) is 0 Å². The van der Waals surface area contributed by atoms with E-state index in [1.807, 2.05) is 78.9 Å². The van der Waals surface area contributed by atoms with E-state index in [9.17, 15) is 0 Å². The van der Waals surface area contributed by atoms with E-state index in [2.05, 4.69) is 45.9 Å². The molecule has 4 heteroatoms. The minimum absolute atomic E-state index is 0.0891. The Balaban J connectivity index is 1.71. The average molecular weight is 469 g/mol. The summed E-state index contributed by atoms with van der Waals surface area (Å²) in [7, 11) is -0.584. The molecule has 34 heavy (non-hydrogen) atoms. The van der Waals surface area contributed by atoms with E-state index in [4.69, 9.17) is 14.2 Å². The van der Waals surface area contributed by atoms with Crippen LogP contribution in [-0.2, 0) is 0 Å². The Labute approximate surface area is 203 Å². The highest BCUT2D eigenvalue weighted by Crippen LogP contribution is 2.60. The van der Waals surface area contributed by atoms with Crippen LogP contribution in [0.25, 0.3) is 11.1 Å². The molecule has 172 valence electrons. The number of hydrogen-bond acceptors (Lipinski definition) is 3. The van der Waals surface area contributed by atoms with E-state index < -0.39 is 7.92 Å². The Hall–Kier alpha value is -3.29. The fraction of sp³-hybridized carbons (Fsp3) is 0.200. The van der Waals surface area contributed by atoms with Crippen LogP contribution < -0.4 is 19.5 Å². The van der Waals surface area contributed by atoms with E-state index >= 15 is 0 Å². The van der Waals surface area contributed by atoms with Crippen molar-refractivity contribution >= 4 is 13.2 Å². The molecule has 1 aliphatic rings. The molecule has 1 heterocycles. The summed E-state index contributed by atoms with van der Waals surface area (Å²) in [5.41, 5.74) is 2.06. The quantitative estimate of drug-likeness (QED) is 0.275. The Kier molecular flexibility index (Phi) is 6.06. The minimum atomic E-state index is -0.584. The molecular formula is C30H29O3P. The van der Waals surface area contributed by atoms with Gasteiger partial charge in [0.05, 0.1) is 5.56 Å². The summed E-state index contributed by atoms with van der Waals surface area (Å²) in [6, 6.07) is 32.1. The monoisotopic (exact) mass is 468 g/mol. The molecule has 0 spiro atoms. The van der Waals surface area contributed by atoms with Crippen LogP contribution in [-0.4, -0.2) is 11.0 Å². The third kappa shape index (κ3) is 4.41. The first-order valence-corrected chi connectivity index (χ1v) is 13.0. The summed E-state index contributed by atoms with van der Waals surface area (Å²) < 4.78 is 19.2. The van der Waals surface area contributed by atoms with E-state index in [-0.39, 0.29) is 11.0 Å². The van der Waals surface area contributed by atoms with Crippen molar-refractivity contribution in [1.29, 1.82) is 0 Å². The Morgan fingerprint density at radius 2 is 1.21 bits per heavy atom. The summed E-state index contributed by atoms with van der Waals surface area (Å²) in [5, 5.41) is 1.37. The molecular weight excluding hydrogens is 439 g/mol. The molecule has 2 atom stereocenters. The van der Waals surface area contributed by atoms with E-state index in [0.29, 0.717) is 0 Å². The van der Waals surface area contributed by atoms with Gasteiger partial charge < -0.3 is 14.2 Å². The second-order valence-corrected chi connectivity index (χ2v) is 12.6. The van der Waals surface area contributed by atoms with Gasteiger partial charge in [0.25, 0.3) is 0 Å².